The predicted octanol–water partition coefficient (Wildman–Crippen LogP) is 4.69. The zero-order chi connectivity index (χ0) is 9.30. The van der Waals surface area contributed by atoms with Crippen molar-refractivity contribution >= 4 is 63.9 Å². The molecule has 0 fully saturated rings. The molecule has 0 spiro atoms. The molecule has 0 bridgehead atoms. The molecule has 1 aromatic rings. The summed E-state index contributed by atoms with van der Waals surface area (Å²) < 4.78 is 0. The first-order chi connectivity index (χ1) is 5.57. The fourth-order valence-corrected chi connectivity index (χ4v) is 1.63. The molecule has 0 aromatic heterocycles. The van der Waals surface area contributed by atoms with Gasteiger partial charge in [-0.15, -0.1) is 0 Å². The number of nitrogens with zero attached hydrogens (tertiary/aromatic N) is 1. The smallest absolute Gasteiger partial charge is 0.0994 e. The molecule has 0 saturated heterocycles. The Morgan fingerprint density at radius 2 is 1.50 bits per heavy atom. The third kappa shape index (κ3) is 1.86. The van der Waals surface area contributed by atoms with E-state index in [2.05, 4.69) is 4.84 Å². The normalized spacial score (nSPS) is 10.1. The third-order valence-corrected chi connectivity index (χ3v) is 3.10. The maximum absolute atomic E-state index is 5.72. The summed E-state index contributed by atoms with van der Waals surface area (Å²) in [7, 11) is 0. The van der Waals surface area contributed by atoms with Crippen LogP contribution >= 0.6 is 58.2 Å². The van der Waals surface area contributed by atoms with Gasteiger partial charge in [-0.2, -0.15) is 4.84 Å². The van der Waals surface area contributed by atoms with Gasteiger partial charge in [-0.3, -0.25) is 0 Å². The molecule has 0 saturated carbocycles. The molecule has 0 aliphatic heterocycles. The Labute approximate surface area is 94.6 Å². The fourth-order valence-electron chi connectivity index (χ4n) is 0.622. The van der Waals surface area contributed by atoms with Gasteiger partial charge >= 0.3 is 0 Å². The largest absolute Gasteiger partial charge is 0.176 e. The minimum absolute atomic E-state index is 0.158. The summed E-state index contributed by atoms with van der Waals surface area (Å²) in [4.78, 5) is 3.35. The van der Waals surface area contributed by atoms with Gasteiger partial charge in [-0.25, -0.2) is 0 Å². The molecule has 0 aliphatic rings. The molecule has 1 rings (SSSR count). The van der Waals surface area contributed by atoms with Crippen molar-refractivity contribution in [2.24, 2.45) is 0 Å². The van der Waals surface area contributed by atoms with Crippen LogP contribution in [0.2, 0.25) is 20.1 Å². The SMILES string of the molecule is Cl[N]c1cc(Cl)c(Cl)c(Cl)c1Cl. The minimum atomic E-state index is 0.158. The molecular formula is C6HCl5N. The van der Waals surface area contributed by atoms with Crippen LogP contribution in [0.4, 0.5) is 5.69 Å². The lowest BCUT2D eigenvalue weighted by Crippen LogP contribution is -1.83. The van der Waals surface area contributed by atoms with Crippen LogP contribution in [-0.4, -0.2) is 0 Å². The lowest BCUT2D eigenvalue weighted by atomic mass is 10.3. The molecule has 0 aliphatic carbocycles. The average molecular weight is 264 g/mol. The van der Waals surface area contributed by atoms with Gasteiger partial charge in [0, 0.05) is 11.8 Å². The summed E-state index contributed by atoms with van der Waals surface area (Å²) in [6.07, 6.45) is 0. The maximum Gasteiger partial charge on any atom is 0.0994 e. The second kappa shape index (κ2) is 4.12. The van der Waals surface area contributed by atoms with Crippen LogP contribution in [0.15, 0.2) is 6.07 Å². The van der Waals surface area contributed by atoms with Crippen LogP contribution < -0.4 is 4.84 Å². The van der Waals surface area contributed by atoms with Crippen LogP contribution in [0.5, 0.6) is 0 Å². The Morgan fingerprint density at radius 1 is 0.917 bits per heavy atom. The molecule has 0 N–H and O–H groups in total. The third-order valence-electron chi connectivity index (χ3n) is 1.17. The Hall–Kier alpha value is 0.470. The number of hydrogen-bond acceptors (Lipinski definition) is 0. The molecule has 6 heteroatoms. The summed E-state index contributed by atoms with van der Waals surface area (Å²) in [5.74, 6) is 0. The van der Waals surface area contributed by atoms with E-state index in [0.29, 0.717) is 5.69 Å². The molecule has 1 radical (unpaired) electrons. The molecule has 65 valence electrons. The lowest BCUT2D eigenvalue weighted by molar-refractivity contribution is 1.36. The van der Waals surface area contributed by atoms with Gasteiger partial charge in [0.15, 0.2) is 0 Å². The van der Waals surface area contributed by atoms with E-state index in [4.69, 9.17) is 58.2 Å². The molecule has 0 heterocycles. The summed E-state index contributed by atoms with van der Waals surface area (Å²) in [5, 5.41) is 0.823. The highest BCUT2D eigenvalue weighted by atomic mass is 35.5. The zero-order valence-corrected chi connectivity index (χ0v) is 9.19. The van der Waals surface area contributed by atoms with Crippen LogP contribution in [0.3, 0.4) is 0 Å². The standard InChI is InChI=1S/C6HCl5N/c7-2-1-3(12-11)5(9)6(10)4(2)8/h1H. The van der Waals surface area contributed by atoms with Crippen molar-refractivity contribution in [1.29, 1.82) is 0 Å². The van der Waals surface area contributed by atoms with Crippen LogP contribution in [-0.2, 0) is 0 Å². The molecule has 1 nitrogen and oxygen atoms in total. The topological polar surface area (TPSA) is 14.1 Å². The van der Waals surface area contributed by atoms with E-state index in [1.165, 1.54) is 6.07 Å². The van der Waals surface area contributed by atoms with Crippen molar-refractivity contribution in [2.45, 2.75) is 0 Å². The number of halogens is 5. The first-order valence-corrected chi connectivity index (χ1v) is 4.58. The van der Waals surface area contributed by atoms with Crippen LogP contribution in [0, 0.1) is 0 Å². The van der Waals surface area contributed by atoms with E-state index >= 15 is 0 Å². The average Bonchev–Trinajstić information content (AvgIpc) is 2.08. The van der Waals surface area contributed by atoms with E-state index in [9.17, 15) is 0 Å². The molecular weight excluding hydrogens is 263 g/mol. The van der Waals surface area contributed by atoms with Crippen LogP contribution in [0.25, 0.3) is 0 Å². The second-order valence-corrected chi connectivity index (χ2v) is 3.61. The fraction of sp³-hybridized carbons (Fsp3) is 0. The highest BCUT2D eigenvalue weighted by molar-refractivity contribution is 6.52. The summed E-state index contributed by atoms with van der Waals surface area (Å²) in [6, 6.07) is 1.44. The quantitative estimate of drug-likeness (QED) is 0.516. The zero-order valence-electron chi connectivity index (χ0n) is 5.41. The van der Waals surface area contributed by atoms with E-state index in [0.717, 1.165) is 0 Å². The minimum Gasteiger partial charge on any atom is -0.176 e. The van der Waals surface area contributed by atoms with Gasteiger partial charge in [-0.05, 0) is 6.07 Å². The van der Waals surface area contributed by atoms with Gasteiger partial charge in [0.05, 0.1) is 25.8 Å². The van der Waals surface area contributed by atoms with E-state index in [-0.39, 0.29) is 20.1 Å². The Balaban J connectivity index is 3.39. The molecule has 0 amide bonds. The summed E-state index contributed by atoms with van der Waals surface area (Å²) >= 11 is 28.0. The van der Waals surface area contributed by atoms with E-state index in [1.54, 1.807) is 0 Å². The van der Waals surface area contributed by atoms with Crippen molar-refractivity contribution < 1.29 is 0 Å². The number of rotatable bonds is 1. The van der Waals surface area contributed by atoms with Gasteiger partial charge < -0.3 is 0 Å². The summed E-state index contributed by atoms with van der Waals surface area (Å²) in [6.45, 7) is 0. The van der Waals surface area contributed by atoms with E-state index < -0.39 is 0 Å². The second-order valence-electron chi connectivity index (χ2n) is 1.90. The van der Waals surface area contributed by atoms with Crippen LogP contribution in [0.1, 0.15) is 0 Å². The van der Waals surface area contributed by atoms with Crippen molar-refractivity contribution in [1.82, 2.24) is 4.84 Å². The Morgan fingerprint density at radius 3 is 2.00 bits per heavy atom. The molecule has 0 unspecified atom stereocenters. The lowest BCUT2D eigenvalue weighted by Gasteiger charge is -2.04. The number of benzene rings is 1. The van der Waals surface area contributed by atoms with Gasteiger partial charge in [0.2, 0.25) is 0 Å². The highest BCUT2D eigenvalue weighted by Crippen LogP contribution is 2.40. The van der Waals surface area contributed by atoms with E-state index in [1.807, 2.05) is 0 Å². The predicted molar refractivity (Wildman–Crippen MR) is 54.1 cm³/mol. The monoisotopic (exact) mass is 262 g/mol. The van der Waals surface area contributed by atoms with Gasteiger partial charge in [0.25, 0.3) is 0 Å². The van der Waals surface area contributed by atoms with Crippen molar-refractivity contribution in [3.05, 3.63) is 26.2 Å². The summed E-state index contributed by atoms with van der Waals surface area (Å²) in [5.41, 5.74) is 0.303. The highest BCUT2D eigenvalue weighted by Gasteiger charge is 2.13. The first kappa shape index (κ1) is 10.6. The molecule has 12 heavy (non-hydrogen) atoms. The van der Waals surface area contributed by atoms with Gasteiger partial charge in [0.1, 0.15) is 0 Å². The van der Waals surface area contributed by atoms with Crippen molar-refractivity contribution in [3.8, 4) is 0 Å². The maximum atomic E-state index is 5.72. The molecule has 0 atom stereocenters. The van der Waals surface area contributed by atoms with Crippen molar-refractivity contribution in [2.75, 3.05) is 0 Å². The van der Waals surface area contributed by atoms with Crippen molar-refractivity contribution in [3.63, 3.8) is 0 Å². The Kier molecular flexibility index (Phi) is 3.62. The molecule has 1 aromatic carbocycles. The number of hydrogen-bond donors (Lipinski definition) is 0. The Bertz CT molecular complexity index is 311. The van der Waals surface area contributed by atoms with Gasteiger partial charge in [-0.1, -0.05) is 46.4 Å². The first-order valence-electron chi connectivity index (χ1n) is 2.73.